The summed E-state index contributed by atoms with van der Waals surface area (Å²) in [7, 11) is 1.03. The number of hydrogen-bond donors (Lipinski definition) is 0. The minimum atomic E-state index is -0.953. The highest BCUT2D eigenvalue weighted by Crippen LogP contribution is 2.25. The fraction of sp³-hybridized carbons (Fsp3) is 0.375. The molecule has 0 saturated heterocycles. The average molecular weight is 319 g/mol. The van der Waals surface area contributed by atoms with E-state index in [9.17, 15) is 4.21 Å². The first kappa shape index (κ1) is 16.4. The summed E-state index contributed by atoms with van der Waals surface area (Å²) in [6.45, 7) is 4.60. The number of rotatable bonds is 6. The second kappa shape index (κ2) is 7.35. The Hall–Kier alpha value is -1.95. The molecule has 0 spiro atoms. The van der Waals surface area contributed by atoms with Gasteiger partial charge in [-0.1, -0.05) is 12.1 Å². The van der Waals surface area contributed by atoms with Crippen molar-refractivity contribution in [1.82, 2.24) is 9.97 Å². The molecule has 1 aromatic heterocycles. The molecule has 5 nitrogen and oxygen atoms in total. The number of aromatic nitrogens is 2. The maximum absolute atomic E-state index is 11.5. The van der Waals surface area contributed by atoms with Gasteiger partial charge in [-0.25, -0.2) is 9.97 Å². The van der Waals surface area contributed by atoms with E-state index in [-0.39, 0.29) is 6.04 Å². The normalized spacial score (nSPS) is 13.5. The van der Waals surface area contributed by atoms with E-state index in [0.29, 0.717) is 12.5 Å². The van der Waals surface area contributed by atoms with Crippen LogP contribution < -0.4 is 9.64 Å². The maximum Gasteiger partial charge on any atom is 0.218 e. The van der Waals surface area contributed by atoms with Gasteiger partial charge in [0, 0.05) is 35.1 Å². The quantitative estimate of drug-likeness (QED) is 0.819. The summed E-state index contributed by atoms with van der Waals surface area (Å²) in [4.78, 5) is 11.3. The van der Waals surface area contributed by atoms with Gasteiger partial charge in [-0.05, 0) is 31.5 Å². The zero-order valence-electron chi connectivity index (χ0n) is 13.3. The molecule has 118 valence electrons. The highest BCUT2D eigenvalue weighted by Gasteiger charge is 2.14. The van der Waals surface area contributed by atoms with E-state index < -0.39 is 10.8 Å². The molecule has 0 amide bonds. The predicted octanol–water partition coefficient (Wildman–Crippen LogP) is 2.81. The third-order valence-corrected chi connectivity index (χ3v) is 4.49. The topological polar surface area (TPSA) is 55.3 Å². The molecule has 1 heterocycles. The van der Waals surface area contributed by atoms with Gasteiger partial charge in [-0.3, -0.25) is 4.21 Å². The lowest BCUT2D eigenvalue weighted by Gasteiger charge is -2.26. The molecule has 0 fully saturated rings. The molecular weight excluding hydrogens is 298 g/mol. The Bertz CT molecular complexity index is 646. The van der Waals surface area contributed by atoms with Gasteiger partial charge < -0.3 is 9.64 Å². The minimum absolute atomic E-state index is 0.128. The Morgan fingerprint density at radius 3 is 2.55 bits per heavy atom. The maximum atomic E-state index is 11.5. The molecule has 0 radical (unpaired) electrons. The van der Waals surface area contributed by atoms with Crippen molar-refractivity contribution < 1.29 is 8.95 Å². The summed E-state index contributed by atoms with van der Waals surface area (Å²) in [5, 5.41) is 0. The van der Waals surface area contributed by atoms with Crippen molar-refractivity contribution in [3.8, 4) is 5.88 Å². The first-order chi connectivity index (χ1) is 10.5. The van der Waals surface area contributed by atoms with Crippen LogP contribution in [0.5, 0.6) is 5.88 Å². The van der Waals surface area contributed by atoms with Crippen molar-refractivity contribution >= 4 is 16.6 Å². The first-order valence-corrected chi connectivity index (χ1v) is 8.69. The van der Waals surface area contributed by atoms with Crippen LogP contribution in [0.4, 0.5) is 5.82 Å². The summed E-state index contributed by atoms with van der Waals surface area (Å²) in [6, 6.07) is 9.77. The van der Waals surface area contributed by atoms with Gasteiger partial charge in [-0.2, -0.15) is 0 Å². The largest absolute Gasteiger partial charge is 0.478 e. The molecule has 0 aliphatic carbocycles. The van der Waals surface area contributed by atoms with Crippen LogP contribution in [0.15, 0.2) is 41.6 Å². The Morgan fingerprint density at radius 2 is 1.95 bits per heavy atom. The fourth-order valence-electron chi connectivity index (χ4n) is 2.11. The van der Waals surface area contributed by atoms with Crippen LogP contribution in [0, 0.1) is 0 Å². The smallest absolute Gasteiger partial charge is 0.218 e. The Morgan fingerprint density at radius 1 is 1.27 bits per heavy atom. The van der Waals surface area contributed by atoms with Crippen molar-refractivity contribution in [3.05, 3.63) is 42.2 Å². The predicted molar refractivity (Wildman–Crippen MR) is 88.8 cm³/mol. The summed E-state index contributed by atoms with van der Waals surface area (Å²) >= 11 is 0. The standard InChI is InChI=1S/C16H21N3O2S/c1-5-21-16-10-15(17-11-18-16)19(3)12(2)13-6-8-14(9-7-13)22(4)20/h6-12H,5H2,1-4H3/t12-,22-/m0/s1. The van der Waals surface area contributed by atoms with E-state index in [4.69, 9.17) is 4.74 Å². The van der Waals surface area contributed by atoms with Crippen LogP contribution in [-0.4, -0.2) is 34.1 Å². The molecule has 0 saturated carbocycles. The molecule has 2 aromatic rings. The van der Waals surface area contributed by atoms with Gasteiger partial charge in [0.2, 0.25) is 5.88 Å². The first-order valence-electron chi connectivity index (χ1n) is 7.14. The highest BCUT2D eigenvalue weighted by atomic mass is 32.2. The fourth-order valence-corrected chi connectivity index (χ4v) is 2.63. The second-order valence-corrected chi connectivity index (χ2v) is 6.34. The number of benzene rings is 1. The third-order valence-electron chi connectivity index (χ3n) is 3.56. The van der Waals surface area contributed by atoms with Gasteiger partial charge in [-0.15, -0.1) is 0 Å². The average Bonchev–Trinajstić information content (AvgIpc) is 2.54. The van der Waals surface area contributed by atoms with Crippen molar-refractivity contribution in [2.75, 3.05) is 24.8 Å². The third kappa shape index (κ3) is 3.82. The van der Waals surface area contributed by atoms with Gasteiger partial charge in [0.05, 0.1) is 12.6 Å². The lowest BCUT2D eigenvalue weighted by atomic mass is 10.1. The minimum Gasteiger partial charge on any atom is -0.478 e. The van der Waals surface area contributed by atoms with Gasteiger partial charge in [0.1, 0.15) is 12.1 Å². The summed E-state index contributed by atoms with van der Waals surface area (Å²) < 4.78 is 16.9. The SMILES string of the molecule is CCOc1cc(N(C)[C@@H](C)c2ccc([S@](C)=O)cc2)ncn1. The van der Waals surface area contributed by atoms with Crippen LogP contribution in [0.2, 0.25) is 0 Å². The van der Waals surface area contributed by atoms with E-state index >= 15 is 0 Å². The van der Waals surface area contributed by atoms with Gasteiger partial charge >= 0.3 is 0 Å². The molecule has 2 atom stereocenters. The van der Waals surface area contributed by atoms with E-state index in [1.165, 1.54) is 6.33 Å². The number of nitrogens with zero attached hydrogens (tertiary/aromatic N) is 3. The molecule has 0 aliphatic rings. The molecule has 2 rings (SSSR count). The van der Waals surface area contributed by atoms with E-state index in [1.807, 2.05) is 44.3 Å². The van der Waals surface area contributed by atoms with Crippen molar-refractivity contribution in [3.63, 3.8) is 0 Å². The van der Waals surface area contributed by atoms with Crippen LogP contribution >= 0.6 is 0 Å². The molecular formula is C16H21N3O2S. The van der Waals surface area contributed by atoms with Crippen LogP contribution in [0.3, 0.4) is 0 Å². The Labute approximate surface area is 133 Å². The van der Waals surface area contributed by atoms with Crippen LogP contribution in [0.1, 0.15) is 25.5 Å². The molecule has 1 aromatic carbocycles. The van der Waals surface area contributed by atoms with Crippen molar-refractivity contribution in [1.29, 1.82) is 0 Å². The summed E-state index contributed by atoms with van der Waals surface area (Å²) in [5.41, 5.74) is 1.13. The van der Waals surface area contributed by atoms with Crippen molar-refractivity contribution in [2.24, 2.45) is 0 Å². The molecule has 0 unspecified atom stereocenters. The number of ether oxygens (including phenoxy) is 1. The highest BCUT2D eigenvalue weighted by molar-refractivity contribution is 7.84. The molecule has 0 bridgehead atoms. The van der Waals surface area contributed by atoms with Gasteiger partial charge in [0.15, 0.2) is 0 Å². The van der Waals surface area contributed by atoms with Crippen LogP contribution in [0.25, 0.3) is 0 Å². The summed E-state index contributed by atoms with van der Waals surface area (Å²) in [5.74, 6) is 1.37. The lowest BCUT2D eigenvalue weighted by molar-refractivity contribution is 0.326. The lowest BCUT2D eigenvalue weighted by Crippen LogP contribution is -2.22. The second-order valence-electron chi connectivity index (χ2n) is 4.96. The Balaban J connectivity index is 2.19. The van der Waals surface area contributed by atoms with E-state index in [2.05, 4.69) is 21.8 Å². The number of hydrogen-bond acceptors (Lipinski definition) is 5. The molecule has 22 heavy (non-hydrogen) atoms. The van der Waals surface area contributed by atoms with E-state index in [1.54, 1.807) is 6.26 Å². The van der Waals surface area contributed by atoms with Crippen molar-refractivity contribution in [2.45, 2.75) is 24.8 Å². The zero-order valence-corrected chi connectivity index (χ0v) is 14.1. The van der Waals surface area contributed by atoms with Gasteiger partial charge in [0.25, 0.3) is 0 Å². The molecule has 6 heteroatoms. The monoisotopic (exact) mass is 319 g/mol. The summed E-state index contributed by atoms with van der Waals surface area (Å²) in [6.07, 6.45) is 3.19. The molecule has 0 aliphatic heterocycles. The molecule has 0 N–H and O–H groups in total. The van der Waals surface area contributed by atoms with Crippen LogP contribution in [-0.2, 0) is 10.8 Å². The van der Waals surface area contributed by atoms with E-state index in [0.717, 1.165) is 16.3 Å². The Kier molecular flexibility index (Phi) is 5.49. The zero-order chi connectivity index (χ0) is 16.1. The number of anilines is 1.